The van der Waals surface area contributed by atoms with E-state index in [0.29, 0.717) is 5.82 Å². The number of hydrogen-bond acceptors (Lipinski definition) is 3. The Labute approximate surface area is 163 Å². The normalized spacial score (nSPS) is 10.6. The van der Waals surface area contributed by atoms with E-state index in [1.807, 2.05) is 92.7 Å². The minimum absolute atomic E-state index is 0.126. The van der Waals surface area contributed by atoms with Gasteiger partial charge in [0.05, 0.1) is 5.69 Å². The maximum atomic E-state index is 12.8. The summed E-state index contributed by atoms with van der Waals surface area (Å²) in [5.41, 5.74) is 4.70. The molecule has 0 aliphatic carbocycles. The summed E-state index contributed by atoms with van der Waals surface area (Å²) in [4.78, 5) is 17.3. The van der Waals surface area contributed by atoms with Crippen molar-refractivity contribution in [2.45, 2.75) is 13.8 Å². The molecule has 1 heterocycles. The molecular formula is C23H20N4O. The van der Waals surface area contributed by atoms with Gasteiger partial charge in [0.2, 0.25) is 5.82 Å². The summed E-state index contributed by atoms with van der Waals surface area (Å²) in [5, 5.41) is 7.37. The summed E-state index contributed by atoms with van der Waals surface area (Å²) in [6.45, 7) is 4.01. The van der Waals surface area contributed by atoms with Crippen molar-refractivity contribution >= 4 is 11.6 Å². The van der Waals surface area contributed by atoms with E-state index in [9.17, 15) is 4.79 Å². The molecule has 4 aromatic rings. The summed E-state index contributed by atoms with van der Waals surface area (Å²) in [7, 11) is 0. The number of carbonyl (C=O) groups excluding carboxylic acids is 1. The second-order valence-corrected chi connectivity index (χ2v) is 6.70. The molecule has 138 valence electrons. The highest BCUT2D eigenvalue weighted by atomic mass is 16.2. The highest BCUT2D eigenvalue weighted by Crippen LogP contribution is 2.22. The minimum atomic E-state index is -0.339. The van der Waals surface area contributed by atoms with Gasteiger partial charge in [-0.05, 0) is 43.7 Å². The van der Waals surface area contributed by atoms with Gasteiger partial charge in [-0.1, -0.05) is 60.2 Å². The van der Waals surface area contributed by atoms with Gasteiger partial charge in [0.1, 0.15) is 0 Å². The Morgan fingerprint density at radius 1 is 0.857 bits per heavy atom. The van der Waals surface area contributed by atoms with Crippen LogP contribution in [0.15, 0.2) is 78.9 Å². The molecule has 0 aliphatic rings. The zero-order valence-electron chi connectivity index (χ0n) is 15.8. The SMILES string of the molecule is Cc1ccc(-c2nc(C(=O)Nc3cccc(C)c3)nn2-c2ccccc2)cc1. The summed E-state index contributed by atoms with van der Waals surface area (Å²) >= 11 is 0. The molecule has 1 N–H and O–H groups in total. The lowest BCUT2D eigenvalue weighted by Gasteiger charge is -2.05. The number of carbonyl (C=O) groups is 1. The third kappa shape index (κ3) is 3.69. The van der Waals surface area contributed by atoms with Crippen LogP contribution < -0.4 is 5.32 Å². The van der Waals surface area contributed by atoms with Crippen molar-refractivity contribution in [2.75, 3.05) is 5.32 Å². The zero-order chi connectivity index (χ0) is 19.5. The number of rotatable bonds is 4. The lowest BCUT2D eigenvalue weighted by atomic mass is 10.1. The first-order valence-corrected chi connectivity index (χ1v) is 9.08. The third-order valence-corrected chi connectivity index (χ3v) is 4.40. The Hall–Kier alpha value is -3.73. The molecule has 28 heavy (non-hydrogen) atoms. The lowest BCUT2D eigenvalue weighted by molar-refractivity contribution is 0.101. The quantitative estimate of drug-likeness (QED) is 0.563. The van der Waals surface area contributed by atoms with E-state index in [1.54, 1.807) is 4.68 Å². The van der Waals surface area contributed by atoms with Crippen molar-refractivity contribution < 1.29 is 4.79 Å². The topological polar surface area (TPSA) is 59.8 Å². The van der Waals surface area contributed by atoms with E-state index in [2.05, 4.69) is 15.4 Å². The first kappa shape index (κ1) is 17.7. The summed E-state index contributed by atoms with van der Waals surface area (Å²) in [6.07, 6.45) is 0. The van der Waals surface area contributed by atoms with Gasteiger partial charge in [0, 0.05) is 11.3 Å². The Morgan fingerprint density at radius 2 is 1.61 bits per heavy atom. The number of nitrogens with one attached hydrogen (secondary N) is 1. The van der Waals surface area contributed by atoms with Crippen LogP contribution in [0.2, 0.25) is 0 Å². The largest absolute Gasteiger partial charge is 0.319 e. The molecule has 0 radical (unpaired) electrons. The molecule has 1 amide bonds. The Kier molecular flexibility index (Phi) is 4.72. The maximum Gasteiger partial charge on any atom is 0.295 e. The van der Waals surface area contributed by atoms with Gasteiger partial charge in [0.15, 0.2) is 5.82 Å². The summed E-state index contributed by atoms with van der Waals surface area (Å²) < 4.78 is 1.70. The molecule has 0 aliphatic heterocycles. The van der Waals surface area contributed by atoms with Crippen molar-refractivity contribution in [1.29, 1.82) is 0 Å². The van der Waals surface area contributed by atoms with E-state index in [0.717, 1.165) is 28.1 Å². The van der Waals surface area contributed by atoms with Crippen molar-refractivity contribution in [1.82, 2.24) is 14.8 Å². The molecule has 0 unspecified atom stereocenters. The van der Waals surface area contributed by atoms with E-state index in [-0.39, 0.29) is 11.7 Å². The van der Waals surface area contributed by atoms with Gasteiger partial charge < -0.3 is 5.32 Å². The molecule has 4 rings (SSSR count). The van der Waals surface area contributed by atoms with Crippen LogP contribution in [0.25, 0.3) is 17.1 Å². The molecule has 0 atom stereocenters. The average molecular weight is 368 g/mol. The molecule has 1 aromatic heterocycles. The van der Waals surface area contributed by atoms with Crippen LogP contribution >= 0.6 is 0 Å². The number of hydrogen-bond donors (Lipinski definition) is 1. The van der Waals surface area contributed by atoms with Crippen LogP contribution in [0, 0.1) is 13.8 Å². The Morgan fingerprint density at radius 3 is 2.32 bits per heavy atom. The van der Waals surface area contributed by atoms with E-state index < -0.39 is 0 Å². The maximum absolute atomic E-state index is 12.8. The molecular weight excluding hydrogens is 348 g/mol. The number of aryl methyl sites for hydroxylation is 2. The Bertz CT molecular complexity index is 1120. The monoisotopic (exact) mass is 368 g/mol. The number of para-hydroxylation sites is 1. The molecule has 0 bridgehead atoms. The fourth-order valence-corrected chi connectivity index (χ4v) is 2.96. The van der Waals surface area contributed by atoms with Crippen molar-refractivity contribution in [3.8, 4) is 17.1 Å². The number of nitrogens with zero attached hydrogens (tertiary/aromatic N) is 3. The average Bonchev–Trinajstić information content (AvgIpc) is 3.15. The van der Waals surface area contributed by atoms with Crippen LogP contribution in [-0.4, -0.2) is 20.7 Å². The summed E-state index contributed by atoms with van der Waals surface area (Å²) in [6, 6.07) is 25.3. The van der Waals surface area contributed by atoms with E-state index >= 15 is 0 Å². The second kappa shape index (κ2) is 7.48. The highest BCUT2D eigenvalue weighted by Gasteiger charge is 2.19. The highest BCUT2D eigenvalue weighted by molar-refractivity contribution is 6.01. The van der Waals surface area contributed by atoms with Crippen molar-refractivity contribution in [3.63, 3.8) is 0 Å². The van der Waals surface area contributed by atoms with Crippen molar-refractivity contribution in [2.24, 2.45) is 0 Å². The summed E-state index contributed by atoms with van der Waals surface area (Å²) in [5.74, 6) is 0.412. The smallest absolute Gasteiger partial charge is 0.295 e. The predicted octanol–water partition coefficient (Wildman–Crippen LogP) is 4.80. The molecule has 5 heteroatoms. The fraction of sp³-hybridized carbons (Fsp3) is 0.0870. The molecule has 5 nitrogen and oxygen atoms in total. The van der Waals surface area contributed by atoms with Crippen LogP contribution in [0.5, 0.6) is 0 Å². The first-order chi connectivity index (χ1) is 13.6. The van der Waals surface area contributed by atoms with Crippen LogP contribution in [0.1, 0.15) is 21.7 Å². The van der Waals surface area contributed by atoms with E-state index in [1.165, 1.54) is 0 Å². The predicted molar refractivity (Wildman–Crippen MR) is 111 cm³/mol. The number of amides is 1. The standard InChI is InChI=1S/C23H20N4O/c1-16-11-13-18(14-12-16)22-25-21(26-27(22)20-9-4-3-5-10-20)23(28)24-19-8-6-7-17(2)15-19/h3-15H,1-2H3,(H,24,28). The number of anilines is 1. The molecule has 0 saturated heterocycles. The van der Waals surface area contributed by atoms with Gasteiger partial charge in [-0.2, -0.15) is 0 Å². The molecule has 0 spiro atoms. The molecule has 0 saturated carbocycles. The van der Waals surface area contributed by atoms with Crippen molar-refractivity contribution in [3.05, 3.63) is 95.8 Å². The van der Waals surface area contributed by atoms with Gasteiger partial charge in [-0.3, -0.25) is 4.79 Å². The second-order valence-electron chi connectivity index (χ2n) is 6.70. The fourth-order valence-electron chi connectivity index (χ4n) is 2.96. The van der Waals surface area contributed by atoms with Gasteiger partial charge in [0.25, 0.3) is 5.91 Å². The molecule has 3 aromatic carbocycles. The van der Waals surface area contributed by atoms with Crippen LogP contribution in [0.4, 0.5) is 5.69 Å². The van der Waals surface area contributed by atoms with Gasteiger partial charge in [-0.25, -0.2) is 9.67 Å². The van der Waals surface area contributed by atoms with E-state index in [4.69, 9.17) is 0 Å². The number of aromatic nitrogens is 3. The van der Waals surface area contributed by atoms with Crippen LogP contribution in [-0.2, 0) is 0 Å². The van der Waals surface area contributed by atoms with Gasteiger partial charge >= 0.3 is 0 Å². The molecule has 0 fully saturated rings. The third-order valence-electron chi connectivity index (χ3n) is 4.40. The number of benzene rings is 3. The van der Waals surface area contributed by atoms with Gasteiger partial charge in [-0.15, -0.1) is 5.10 Å². The zero-order valence-corrected chi connectivity index (χ0v) is 15.8. The van der Waals surface area contributed by atoms with Crippen LogP contribution in [0.3, 0.4) is 0 Å². The first-order valence-electron chi connectivity index (χ1n) is 9.08. The lowest BCUT2D eigenvalue weighted by Crippen LogP contribution is -2.14. The Balaban J connectivity index is 1.74. The minimum Gasteiger partial charge on any atom is -0.319 e.